The molecule has 0 radical (unpaired) electrons. The Morgan fingerprint density at radius 2 is 2.20 bits per heavy atom. The number of aromatic nitrogens is 2. The lowest BCUT2D eigenvalue weighted by Crippen LogP contribution is -2.33. The minimum Gasteiger partial charge on any atom is -0.341 e. The molecule has 2 aromatic heterocycles. The molecule has 0 fully saturated rings. The Bertz CT molecular complexity index is 610. The first-order chi connectivity index (χ1) is 9.37. The average Bonchev–Trinajstić information content (AvgIpc) is 2.78. The Morgan fingerprint density at radius 1 is 1.45 bits per heavy atom. The predicted molar refractivity (Wildman–Crippen MR) is 68.5 cm³/mol. The summed E-state index contributed by atoms with van der Waals surface area (Å²) in [6, 6.07) is 3.53. The Labute approximate surface area is 116 Å². The largest absolute Gasteiger partial charge is 0.405 e. The molecule has 0 aliphatic heterocycles. The second-order valence-electron chi connectivity index (χ2n) is 3.97. The number of carbonyl (C=O) groups excluding carboxylic acids is 1. The monoisotopic (exact) mass is 301 g/mol. The van der Waals surface area contributed by atoms with E-state index in [0.717, 1.165) is 21.8 Å². The van der Waals surface area contributed by atoms with E-state index < -0.39 is 18.6 Å². The van der Waals surface area contributed by atoms with Gasteiger partial charge in [0, 0.05) is 18.0 Å². The lowest BCUT2D eigenvalue weighted by Gasteiger charge is -2.06. The average molecular weight is 301 g/mol. The molecular weight excluding hydrogens is 291 g/mol. The van der Waals surface area contributed by atoms with Crippen molar-refractivity contribution in [1.29, 1.82) is 0 Å². The van der Waals surface area contributed by atoms with E-state index in [4.69, 9.17) is 0 Å². The van der Waals surface area contributed by atoms with Crippen LogP contribution in [0.1, 0.15) is 15.5 Å². The van der Waals surface area contributed by atoms with E-state index in [0.29, 0.717) is 5.69 Å². The topological polar surface area (TPSA) is 54.9 Å². The molecule has 1 amide bonds. The number of pyridine rings is 1. The Balaban J connectivity index is 2.17. The molecule has 2 aromatic rings. The molecule has 0 unspecified atom stereocenters. The van der Waals surface area contributed by atoms with Crippen molar-refractivity contribution in [2.24, 2.45) is 0 Å². The molecule has 0 aliphatic carbocycles. The molecule has 8 heteroatoms. The van der Waals surface area contributed by atoms with Gasteiger partial charge in [-0.15, -0.1) is 11.3 Å². The molecule has 0 saturated carbocycles. The summed E-state index contributed by atoms with van der Waals surface area (Å²) in [5, 5.41) is 1.80. The molecule has 0 aromatic carbocycles. The van der Waals surface area contributed by atoms with Crippen LogP contribution in [0, 0.1) is 6.92 Å². The van der Waals surface area contributed by atoms with Gasteiger partial charge in [-0.1, -0.05) is 6.07 Å². The molecule has 0 spiro atoms. The SMILES string of the molecule is Cc1nc(C(=O)NCC(F)(F)F)sc1-c1cccnc1. The number of aryl methyl sites for hydroxylation is 1. The minimum atomic E-state index is -4.44. The highest BCUT2D eigenvalue weighted by Gasteiger charge is 2.28. The second kappa shape index (κ2) is 5.58. The van der Waals surface area contributed by atoms with Crippen LogP contribution in [0.4, 0.5) is 13.2 Å². The van der Waals surface area contributed by atoms with Gasteiger partial charge < -0.3 is 5.32 Å². The number of nitrogens with zero attached hydrogens (tertiary/aromatic N) is 2. The number of carbonyl (C=O) groups is 1. The highest BCUT2D eigenvalue weighted by Crippen LogP contribution is 2.29. The fraction of sp³-hybridized carbons (Fsp3) is 0.250. The highest BCUT2D eigenvalue weighted by molar-refractivity contribution is 7.17. The first-order valence-corrected chi connectivity index (χ1v) is 6.41. The molecule has 0 atom stereocenters. The van der Waals surface area contributed by atoms with Gasteiger partial charge in [0.2, 0.25) is 0 Å². The number of alkyl halides is 3. The minimum absolute atomic E-state index is 0.00519. The summed E-state index contributed by atoms with van der Waals surface area (Å²) in [6.45, 7) is 0.325. The van der Waals surface area contributed by atoms with Gasteiger partial charge in [0.25, 0.3) is 5.91 Å². The van der Waals surface area contributed by atoms with Crippen molar-refractivity contribution in [2.45, 2.75) is 13.1 Å². The number of rotatable bonds is 3. The Morgan fingerprint density at radius 3 is 2.80 bits per heavy atom. The van der Waals surface area contributed by atoms with E-state index in [1.807, 2.05) is 0 Å². The van der Waals surface area contributed by atoms with Crippen molar-refractivity contribution in [3.05, 3.63) is 35.2 Å². The van der Waals surface area contributed by atoms with Gasteiger partial charge in [0.15, 0.2) is 5.01 Å². The molecule has 2 rings (SSSR count). The maximum Gasteiger partial charge on any atom is 0.405 e. The quantitative estimate of drug-likeness (QED) is 0.948. The van der Waals surface area contributed by atoms with Crippen LogP contribution in [-0.2, 0) is 0 Å². The van der Waals surface area contributed by atoms with E-state index >= 15 is 0 Å². The second-order valence-corrected chi connectivity index (χ2v) is 4.97. The van der Waals surface area contributed by atoms with Gasteiger partial charge in [0.1, 0.15) is 6.54 Å². The van der Waals surface area contributed by atoms with Gasteiger partial charge in [-0.2, -0.15) is 13.2 Å². The molecule has 20 heavy (non-hydrogen) atoms. The number of halogens is 3. The summed E-state index contributed by atoms with van der Waals surface area (Å²) in [4.78, 5) is 20.3. The Hall–Kier alpha value is -1.96. The van der Waals surface area contributed by atoms with Gasteiger partial charge in [-0.25, -0.2) is 4.98 Å². The number of amides is 1. The van der Waals surface area contributed by atoms with Crippen molar-refractivity contribution in [2.75, 3.05) is 6.54 Å². The van der Waals surface area contributed by atoms with E-state index in [1.54, 1.807) is 36.8 Å². The summed E-state index contributed by atoms with van der Waals surface area (Å²) in [5.41, 5.74) is 1.36. The first kappa shape index (κ1) is 14.4. The fourth-order valence-corrected chi connectivity index (χ4v) is 2.49. The summed E-state index contributed by atoms with van der Waals surface area (Å²) >= 11 is 1.04. The summed E-state index contributed by atoms with van der Waals surface area (Å²) in [6.07, 6.45) is -1.22. The van der Waals surface area contributed by atoms with Gasteiger partial charge >= 0.3 is 6.18 Å². The van der Waals surface area contributed by atoms with Crippen LogP contribution < -0.4 is 5.32 Å². The number of hydrogen-bond acceptors (Lipinski definition) is 4. The van der Waals surface area contributed by atoms with E-state index in [9.17, 15) is 18.0 Å². The van der Waals surface area contributed by atoms with E-state index in [1.165, 1.54) is 0 Å². The van der Waals surface area contributed by atoms with Gasteiger partial charge in [0.05, 0.1) is 10.6 Å². The maximum atomic E-state index is 12.0. The molecule has 2 heterocycles. The molecular formula is C12H10F3N3OS. The van der Waals surface area contributed by atoms with Crippen molar-refractivity contribution in [1.82, 2.24) is 15.3 Å². The molecule has 0 saturated heterocycles. The summed E-state index contributed by atoms with van der Waals surface area (Å²) in [5.74, 6) is -0.828. The molecule has 0 aliphatic rings. The third-order valence-electron chi connectivity index (χ3n) is 2.36. The summed E-state index contributed by atoms with van der Waals surface area (Å²) in [7, 11) is 0. The van der Waals surface area contributed by atoms with Gasteiger partial charge in [-0.3, -0.25) is 9.78 Å². The van der Waals surface area contributed by atoms with Crippen LogP contribution >= 0.6 is 11.3 Å². The fourth-order valence-electron chi connectivity index (χ4n) is 1.51. The standard InChI is InChI=1S/C12H10F3N3OS/c1-7-9(8-3-2-4-16-5-8)20-11(18-7)10(19)17-6-12(13,14)15/h2-5H,6H2,1H3,(H,17,19). The number of thiazole rings is 1. The predicted octanol–water partition coefficient (Wildman–Crippen LogP) is 2.81. The maximum absolute atomic E-state index is 12.0. The third-order valence-corrected chi connectivity index (χ3v) is 3.57. The van der Waals surface area contributed by atoms with Crippen LogP contribution in [0.25, 0.3) is 10.4 Å². The lowest BCUT2D eigenvalue weighted by atomic mass is 10.2. The first-order valence-electron chi connectivity index (χ1n) is 5.59. The zero-order valence-electron chi connectivity index (χ0n) is 10.4. The van der Waals surface area contributed by atoms with E-state index in [-0.39, 0.29) is 5.01 Å². The van der Waals surface area contributed by atoms with Crippen LogP contribution in [0.5, 0.6) is 0 Å². The Kier molecular flexibility index (Phi) is 4.03. The van der Waals surface area contributed by atoms with Crippen LogP contribution in [0.15, 0.2) is 24.5 Å². The zero-order chi connectivity index (χ0) is 14.8. The molecule has 0 bridgehead atoms. The van der Waals surface area contributed by atoms with Crippen molar-refractivity contribution >= 4 is 17.2 Å². The number of nitrogens with one attached hydrogen (secondary N) is 1. The third kappa shape index (κ3) is 3.53. The lowest BCUT2D eigenvalue weighted by molar-refractivity contribution is -0.123. The molecule has 106 valence electrons. The zero-order valence-corrected chi connectivity index (χ0v) is 11.2. The van der Waals surface area contributed by atoms with Crippen molar-refractivity contribution < 1.29 is 18.0 Å². The van der Waals surface area contributed by atoms with E-state index in [2.05, 4.69) is 9.97 Å². The highest BCUT2D eigenvalue weighted by atomic mass is 32.1. The smallest absolute Gasteiger partial charge is 0.341 e. The van der Waals surface area contributed by atoms with Crippen molar-refractivity contribution in [3.63, 3.8) is 0 Å². The van der Waals surface area contributed by atoms with Crippen LogP contribution in [0.3, 0.4) is 0 Å². The van der Waals surface area contributed by atoms with Crippen LogP contribution in [0.2, 0.25) is 0 Å². The van der Waals surface area contributed by atoms with Gasteiger partial charge in [-0.05, 0) is 13.0 Å². The molecule has 1 N–H and O–H groups in total. The summed E-state index contributed by atoms with van der Waals surface area (Å²) < 4.78 is 36.1. The van der Waals surface area contributed by atoms with Crippen LogP contribution in [-0.4, -0.2) is 28.6 Å². The van der Waals surface area contributed by atoms with Crippen molar-refractivity contribution in [3.8, 4) is 10.4 Å². The normalized spacial score (nSPS) is 11.4. The molecule has 4 nitrogen and oxygen atoms in total. The number of hydrogen-bond donors (Lipinski definition) is 1.